The molecule has 1 rings (SSSR count). The van der Waals surface area contributed by atoms with Crippen LogP contribution >= 0.6 is 11.6 Å². The minimum atomic E-state index is 0.534. The van der Waals surface area contributed by atoms with Crippen LogP contribution in [0.3, 0.4) is 0 Å². The van der Waals surface area contributed by atoms with Crippen molar-refractivity contribution in [1.82, 2.24) is 0 Å². The number of hydrogen-bond acceptors (Lipinski definition) is 1. The molecule has 1 aromatic rings. The Kier molecular flexibility index (Phi) is 3.32. The van der Waals surface area contributed by atoms with Gasteiger partial charge in [0.05, 0.1) is 0 Å². The molecule has 0 saturated carbocycles. The van der Waals surface area contributed by atoms with Gasteiger partial charge in [-0.15, -0.1) is 0 Å². The molecule has 64 valence electrons. The first-order chi connectivity index (χ1) is 5.72. The van der Waals surface area contributed by atoms with Crippen molar-refractivity contribution in [3.8, 4) is 0 Å². The highest BCUT2D eigenvalue weighted by molar-refractivity contribution is 6.30. The van der Waals surface area contributed by atoms with Crippen molar-refractivity contribution in [2.75, 3.05) is 6.54 Å². The number of halogens is 1. The topological polar surface area (TPSA) is 26.0 Å². The molecule has 1 aromatic carbocycles. The van der Waals surface area contributed by atoms with Crippen LogP contribution in [-0.4, -0.2) is 6.54 Å². The number of benzene rings is 1. The lowest BCUT2D eigenvalue weighted by Crippen LogP contribution is -2.04. The summed E-state index contributed by atoms with van der Waals surface area (Å²) in [4.78, 5) is 0. The Morgan fingerprint density at radius 2 is 2.25 bits per heavy atom. The van der Waals surface area contributed by atoms with Gasteiger partial charge in [-0.2, -0.15) is 0 Å². The summed E-state index contributed by atoms with van der Waals surface area (Å²) < 4.78 is 0. The molecule has 0 aromatic heterocycles. The fourth-order valence-corrected chi connectivity index (χ4v) is 1.22. The molecule has 0 amide bonds. The summed E-state index contributed by atoms with van der Waals surface area (Å²) in [6, 6.07) is 7.74. The first-order valence-electron chi connectivity index (χ1n) is 3.83. The van der Waals surface area contributed by atoms with Gasteiger partial charge in [0.15, 0.2) is 0 Å². The summed E-state index contributed by atoms with van der Waals surface area (Å²) >= 11 is 5.81. The fourth-order valence-electron chi connectivity index (χ4n) is 1.01. The van der Waals surface area contributed by atoms with Crippen LogP contribution in [0.25, 0.3) is 0 Å². The molecule has 1 nitrogen and oxygen atoms in total. The fraction of sp³-hybridized carbons (Fsp3) is 0.200. The molecule has 0 radical (unpaired) electrons. The van der Waals surface area contributed by atoms with Gasteiger partial charge in [-0.1, -0.05) is 35.9 Å². The Bertz CT molecular complexity index is 281. The average Bonchev–Trinajstić information content (AvgIpc) is 2.04. The molecule has 0 unspecified atom stereocenters. The van der Waals surface area contributed by atoms with E-state index in [0.717, 1.165) is 22.6 Å². The Morgan fingerprint density at radius 3 is 2.83 bits per heavy atom. The van der Waals surface area contributed by atoms with E-state index in [2.05, 4.69) is 6.58 Å². The lowest BCUT2D eigenvalue weighted by molar-refractivity contribution is 1.05. The van der Waals surface area contributed by atoms with Crippen LogP contribution < -0.4 is 5.73 Å². The van der Waals surface area contributed by atoms with Crippen molar-refractivity contribution in [3.05, 3.63) is 47.0 Å². The van der Waals surface area contributed by atoms with Crippen molar-refractivity contribution in [2.24, 2.45) is 5.73 Å². The summed E-state index contributed by atoms with van der Waals surface area (Å²) in [6.07, 6.45) is 0.817. The van der Waals surface area contributed by atoms with Gasteiger partial charge in [-0.25, -0.2) is 0 Å². The van der Waals surface area contributed by atoms with Gasteiger partial charge in [0.2, 0.25) is 0 Å². The zero-order valence-electron chi connectivity index (χ0n) is 6.89. The molecule has 0 fully saturated rings. The Hall–Kier alpha value is -0.790. The maximum Gasteiger partial charge on any atom is 0.0408 e. The second-order valence-electron chi connectivity index (χ2n) is 2.76. The molecule has 0 aliphatic carbocycles. The molecule has 0 atom stereocenters. The highest BCUT2D eigenvalue weighted by Crippen LogP contribution is 2.12. The standard InChI is InChI=1S/C10H12ClN/c1-8(7-12)5-9-3-2-4-10(11)6-9/h2-4,6H,1,5,7,12H2. The Labute approximate surface area is 77.8 Å². The molecule has 2 N–H and O–H groups in total. The molecule has 12 heavy (non-hydrogen) atoms. The summed E-state index contributed by atoms with van der Waals surface area (Å²) in [7, 11) is 0. The maximum atomic E-state index is 5.81. The maximum absolute atomic E-state index is 5.81. The van der Waals surface area contributed by atoms with Crippen molar-refractivity contribution in [3.63, 3.8) is 0 Å². The number of nitrogens with two attached hydrogens (primary N) is 1. The van der Waals surface area contributed by atoms with Crippen LogP contribution in [-0.2, 0) is 6.42 Å². The monoisotopic (exact) mass is 181 g/mol. The lowest BCUT2D eigenvalue weighted by Gasteiger charge is -2.02. The summed E-state index contributed by atoms with van der Waals surface area (Å²) in [5, 5.41) is 0.761. The van der Waals surface area contributed by atoms with Gasteiger partial charge < -0.3 is 5.73 Å². The smallest absolute Gasteiger partial charge is 0.0408 e. The molecule has 0 spiro atoms. The summed E-state index contributed by atoms with van der Waals surface area (Å²) in [6.45, 7) is 4.36. The first-order valence-corrected chi connectivity index (χ1v) is 4.21. The molecular weight excluding hydrogens is 170 g/mol. The minimum Gasteiger partial charge on any atom is -0.327 e. The number of hydrogen-bond donors (Lipinski definition) is 1. The third-order valence-electron chi connectivity index (χ3n) is 1.63. The SMILES string of the molecule is C=C(CN)Cc1cccc(Cl)c1. The van der Waals surface area contributed by atoms with Crippen LogP contribution in [0, 0.1) is 0 Å². The molecule has 2 heteroatoms. The van der Waals surface area contributed by atoms with Crippen LogP contribution in [0.5, 0.6) is 0 Å². The van der Waals surface area contributed by atoms with E-state index in [9.17, 15) is 0 Å². The summed E-state index contributed by atoms with van der Waals surface area (Å²) in [5.41, 5.74) is 7.62. The van der Waals surface area contributed by atoms with Gasteiger partial charge in [0.1, 0.15) is 0 Å². The largest absolute Gasteiger partial charge is 0.327 e. The van der Waals surface area contributed by atoms with Gasteiger partial charge in [-0.3, -0.25) is 0 Å². The van der Waals surface area contributed by atoms with E-state index in [0.29, 0.717) is 6.54 Å². The highest BCUT2D eigenvalue weighted by atomic mass is 35.5. The van der Waals surface area contributed by atoms with Crippen LogP contribution in [0.1, 0.15) is 5.56 Å². The third kappa shape index (κ3) is 2.68. The first kappa shape index (κ1) is 9.30. The molecule has 0 heterocycles. The highest BCUT2D eigenvalue weighted by Gasteiger charge is 1.95. The second-order valence-corrected chi connectivity index (χ2v) is 3.20. The van der Waals surface area contributed by atoms with Gasteiger partial charge in [0.25, 0.3) is 0 Å². The van der Waals surface area contributed by atoms with Crippen molar-refractivity contribution in [1.29, 1.82) is 0 Å². The van der Waals surface area contributed by atoms with E-state index >= 15 is 0 Å². The third-order valence-corrected chi connectivity index (χ3v) is 1.87. The zero-order chi connectivity index (χ0) is 8.97. The van der Waals surface area contributed by atoms with E-state index in [1.54, 1.807) is 0 Å². The van der Waals surface area contributed by atoms with E-state index in [4.69, 9.17) is 17.3 Å². The molecule has 0 aliphatic rings. The molecular formula is C10H12ClN. The predicted molar refractivity (Wildman–Crippen MR) is 53.4 cm³/mol. The average molecular weight is 182 g/mol. The van der Waals surface area contributed by atoms with Crippen molar-refractivity contribution >= 4 is 11.6 Å². The summed E-state index contributed by atoms with van der Waals surface area (Å²) in [5.74, 6) is 0. The van der Waals surface area contributed by atoms with Crippen LogP contribution in [0.15, 0.2) is 36.4 Å². The molecule has 0 aliphatic heterocycles. The van der Waals surface area contributed by atoms with Crippen LogP contribution in [0.2, 0.25) is 5.02 Å². The van der Waals surface area contributed by atoms with E-state index in [-0.39, 0.29) is 0 Å². The minimum absolute atomic E-state index is 0.534. The normalized spacial score (nSPS) is 9.83. The molecule has 0 bridgehead atoms. The van der Waals surface area contributed by atoms with E-state index in [1.165, 1.54) is 0 Å². The van der Waals surface area contributed by atoms with E-state index < -0.39 is 0 Å². The van der Waals surface area contributed by atoms with Gasteiger partial charge >= 0.3 is 0 Å². The Balaban J connectivity index is 2.69. The van der Waals surface area contributed by atoms with Crippen LogP contribution in [0.4, 0.5) is 0 Å². The lowest BCUT2D eigenvalue weighted by atomic mass is 10.1. The quantitative estimate of drug-likeness (QED) is 0.713. The van der Waals surface area contributed by atoms with Crippen molar-refractivity contribution in [2.45, 2.75) is 6.42 Å². The zero-order valence-corrected chi connectivity index (χ0v) is 7.64. The van der Waals surface area contributed by atoms with Gasteiger partial charge in [0, 0.05) is 11.6 Å². The molecule has 0 saturated heterocycles. The number of rotatable bonds is 3. The van der Waals surface area contributed by atoms with E-state index in [1.807, 2.05) is 24.3 Å². The second kappa shape index (κ2) is 4.29. The van der Waals surface area contributed by atoms with Gasteiger partial charge in [-0.05, 0) is 24.1 Å². The predicted octanol–water partition coefficient (Wildman–Crippen LogP) is 2.40. The van der Waals surface area contributed by atoms with Crippen molar-refractivity contribution < 1.29 is 0 Å². The Morgan fingerprint density at radius 1 is 1.50 bits per heavy atom.